The predicted octanol–water partition coefficient (Wildman–Crippen LogP) is 2.96. The summed E-state index contributed by atoms with van der Waals surface area (Å²) in [7, 11) is 0. The molecule has 0 bridgehead atoms. The Kier molecular flexibility index (Phi) is 6.08. The maximum absolute atomic E-state index is 4.69. The van der Waals surface area contributed by atoms with Gasteiger partial charge in [0.05, 0.1) is 0 Å². The second-order valence-electron chi connectivity index (χ2n) is 6.24. The van der Waals surface area contributed by atoms with E-state index in [0.717, 1.165) is 30.4 Å². The summed E-state index contributed by atoms with van der Waals surface area (Å²) < 4.78 is 1.97. The van der Waals surface area contributed by atoms with Crippen LogP contribution in [0.1, 0.15) is 30.7 Å². The van der Waals surface area contributed by atoms with Gasteiger partial charge in [-0.15, -0.1) is 34.2 Å². The quantitative estimate of drug-likeness (QED) is 0.348. The van der Waals surface area contributed by atoms with Crippen molar-refractivity contribution in [2.75, 3.05) is 6.54 Å². The molecule has 2 aromatic heterocycles. The van der Waals surface area contributed by atoms with Crippen LogP contribution >= 0.6 is 24.0 Å². The van der Waals surface area contributed by atoms with Crippen LogP contribution in [-0.2, 0) is 6.54 Å². The highest BCUT2D eigenvalue weighted by molar-refractivity contribution is 14.0. The fourth-order valence-electron chi connectivity index (χ4n) is 3.07. The molecule has 1 aromatic carbocycles. The number of rotatable bonds is 5. The Morgan fingerprint density at radius 2 is 1.96 bits per heavy atom. The van der Waals surface area contributed by atoms with Crippen molar-refractivity contribution in [3.8, 4) is 0 Å². The predicted molar refractivity (Wildman–Crippen MR) is 114 cm³/mol. The smallest absolute Gasteiger partial charge is 0.191 e. The van der Waals surface area contributed by atoms with Crippen LogP contribution in [0.2, 0.25) is 0 Å². The molecule has 7 heteroatoms. The summed E-state index contributed by atoms with van der Waals surface area (Å²) in [5, 5.41) is 15.3. The Hall–Kier alpha value is -2.16. The maximum Gasteiger partial charge on any atom is 0.191 e. The van der Waals surface area contributed by atoms with Crippen LogP contribution in [0.4, 0.5) is 0 Å². The van der Waals surface area contributed by atoms with Crippen molar-refractivity contribution in [1.82, 2.24) is 25.2 Å². The third kappa shape index (κ3) is 4.14. The minimum Gasteiger partial charge on any atom is -0.357 e. The Bertz CT molecular complexity index is 876. The number of hydrogen-bond donors (Lipinski definition) is 2. The molecular weight excluding hydrogens is 439 g/mol. The topological polar surface area (TPSA) is 66.6 Å². The van der Waals surface area contributed by atoms with Gasteiger partial charge in [0, 0.05) is 24.7 Å². The van der Waals surface area contributed by atoms with Crippen molar-refractivity contribution in [2.24, 2.45) is 4.99 Å². The largest absolute Gasteiger partial charge is 0.357 e. The van der Waals surface area contributed by atoms with E-state index in [4.69, 9.17) is 0 Å². The van der Waals surface area contributed by atoms with Gasteiger partial charge < -0.3 is 10.6 Å². The summed E-state index contributed by atoms with van der Waals surface area (Å²) in [5.41, 5.74) is 2.23. The summed E-state index contributed by atoms with van der Waals surface area (Å²) >= 11 is 0. The van der Waals surface area contributed by atoms with E-state index in [1.54, 1.807) is 0 Å². The van der Waals surface area contributed by atoms with Crippen molar-refractivity contribution in [1.29, 1.82) is 0 Å². The number of hydrogen-bond acceptors (Lipinski definition) is 3. The Morgan fingerprint density at radius 3 is 2.77 bits per heavy atom. The summed E-state index contributed by atoms with van der Waals surface area (Å²) in [6.45, 7) is 3.39. The van der Waals surface area contributed by atoms with Gasteiger partial charge >= 0.3 is 0 Å². The summed E-state index contributed by atoms with van der Waals surface area (Å²) in [6, 6.07) is 17.0. The van der Waals surface area contributed by atoms with Gasteiger partial charge in [0.1, 0.15) is 6.54 Å². The normalized spacial score (nSPS) is 19.0. The number of benzene rings is 1. The lowest BCUT2D eigenvalue weighted by Crippen LogP contribution is -2.39. The highest BCUT2D eigenvalue weighted by atomic mass is 127. The zero-order valence-electron chi connectivity index (χ0n) is 14.7. The maximum atomic E-state index is 4.69. The number of fused-ring (bicyclic) bond motifs is 1. The molecule has 1 fully saturated rings. The van der Waals surface area contributed by atoms with E-state index in [1.165, 1.54) is 5.56 Å². The fraction of sp³-hybridized carbons (Fsp3) is 0.316. The van der Waals surface area contributed by atoms with Crippen LogP contribution < -0.4 is 10.6 Å². The molecule has 0 saturated heterocycles. The molecule has 1 saturated carbocycles. The lowest BCUT2D eigenvalue weighted by atomic mass is 10.1. The lowest BCUT2D eigenvalue weighted by molar-refractivity contribution is 0.783. The van der Waals surface area contributed by atoms with E-state index >= 15 is 0 Å². The fourth-order valence-corrected chi connectivity index (χ4v) is 3.07. The number of pyridine rings is 1. The first-order valence-electron chi connectivity index (χ1n) is 8.73. The molecule has 2 heterocycles. The summed E-state index contributed by atoms with van der Waals surface area (Å²) in [5.74, 6) is 2.24. The van der Waals surface area contributed by atoms with Crippen LogP contribution in [0.5, 0.6) is 0 Å². The molecule has 0 spiro atoms. The highest BCUT2D eigenvalue weighted by Gasteiger charge is 2.38. The first kappa shape index (κ1) is 18.6. The molecule has 2 unspecified atom stereocenters. The SMILES string of the molecule is CCNC(=NCc1nnc2ccccn12)NC1CC1c1ccccc1.I. The van der Waals surface area contributed by atoms with Crippen molar-refractivity contribution in [2.45, 2.75) is 31.8 Å². The first-order valence-corrected chi connectivity index (χ1v) is 8.73. The first-order chi connectivity index (χ1) is 12.3. The van der Waals surface area contributed by atoms with Gasteiger partial charge in [0.25, 0.3) is 0 Å². The van der Waals surface area contributed by atoms with Crippen molar-refractivity contribution in [3.05, 3.63) is 66.1 Å². The minimum atomic E-state index is 0. The molecule has 26 heavy (non-hydrogen) atoms. The molecule has 0 aliphatic heterocycles. The monoisotopic (exact) mass is 462 g/mol. The second kappa shape index (κ2) is 8.48. The number of nitrogens with one attached hydrogen (secondary N) is 2. The van der Waals surface area contributed by atoms with E-state index in [-0.39, 0.29) is 24.0 Å². The number of aromatic nitrogens is 3. The Labute approximate surface area is 170 Å². The van der Waals surface area contributed by atoms with Gasteiger partial charge in [0.2, 0.25) is 0 Å². The molecule has 6 nitrogen and oxygen atoms in total. The Morgan fingerprint density at radius 1 is 1.15 bits per heavy atom. The van der Waals surface area contributed by atoms with Crippen molar-refractivity contribution < 1.29 is 0 Å². The van der Waals surface area contributed by atoms with Gasteiger partial charge in [-0.05, 0) is 31.0 Å². The zero-order valence-corrected chi connectivity index (χ0v) is 17.0. The van der Waals surface area contributed by atoms with Gasteiger partial charge in [-0.1, -0.05) is 36.4 Å². The van der Waals surface area contributed by atoms with E-state index in [9.17, 15) is 0 Å². The van der Waals surface area contributed by atoms with Gasteiger partial charge in [0.15, 0.2) is 17.4 Å². The van der Waals surface area contributed by atoms with Crippen LogP contribution in [0, 0.1) is 0 Å². The lowest BCUT2D eigenvalue weighted by Gasteiger charge is -2.11. The zero-order chi connectivity index (χ0) is 17.1. The van der Waals surface area contributed by atoms with E-state index in [0.29, 0.717) is 18.5 Å². The van der Waals surface area contributed by atoms with E-state index in [2.05, 4.69) is 63.1 Å². The van der Waals surface area contributed by atoms with Gasteiger partial charge in [-0.25, -0.2) is 4.99 Å². The average molecular weight is 462 g/mol. The molecule has 3 aromatic rings. The molecular formula is C19H23IN6. The number of guanidine groups is 1. The number of nitrogens with zero attached hydrogens (tertiary/aromatic N) is 4. The molecule has 0 radical (unpaired) electrons. The van der Waals surface area contributed by atoms with Crippen LogP contribution in [0.3, 0.4) is 0 Å². The number of aliphatic imine (C=N–C) groups is 1. The standard InChI is InChI=1S/C19H22N6.HI/c1-2-20-19(22-16-12-15(16)14-8-4-3-5-9-14)21-13-18-24-23-17-10-6-7-11-25(17)18;/h3-11,15-16H,2,12-13H2,1H3,(H2,20,21,22);1H. The molecule has 1 aliphatic carbocycles. The van der Waals surface area contributed by atoms with Crippen LogP contribution in [-0.4, -0.2) is 33.1 Å². The third-order valence-electron chi connectivity index (χ3n) is 4.45. The molecule has 1 aliphatic rings. The van der Waals surface area contributed by atoms with Gasteiger partial charge in [-0.2, -0.15) is 0 Å². The molecule has 136 valence electrons. The molecule has 2 atom stereocenters. The summed E-state index contributed by atoms with van der Waals surface area (Å²) in [6.07, 6.45) is 3.11. The minimum absolute atomic E-state index is 0. The number of halogens is 1. The summed E-state index contributed by atoms with van der Waals surface area (Å²) in [4.78, 5) is 4.69. The van der Waals surface area contributed by atoms with E-state index in [1.807, 2.05) is 28.8 Å². The van der Waals surface area contributed by atoms with E-state index < -0.39 is 0 Å². The molecule has 0 amide bonds. The molecule has 2 N–H and O–H groups in total. The van der Waals surface area contributed by atoms with Crippen LogP contribution in [0.15, 0.2) is 59.7 Å². The van der Waals surface area contributed by atoms with Crippen LogP contribution in [0.25, 0.3) is 5.65 Å². The van der Waals surface area contributed by atoms with Crippen molar-refractivity contribution >= 4 is 35.6 Å². The third-order valence-corrected chi connectivity index (χ3v) is 4.45. The van der Waals surface area contributed by atoms with Gasteiger partial charge in [-0.3, -0.25) is 4.40 Å². The highest BCUT2D eigenvalue weighted by Crippen LogP contribution is 2.40. The Balaban J connectivity index is 0.00000196. The molecule has 4 rings (SSSR count). The van der Waals surface area contributed by atoms with Crippen molar-refractivity contribution in [3.63, 3.8) is 0 Å². The average Bonchev–Trinajstić information content (AvgIpc) is 3.30. The second-order valence-corrected chi connectivity index (χ2v) is 6.24.